The summed E-state index contributed by atoms with van der Waals surface area (Å²) in [5, 5.41) is 0. The van der Waals surface area contributed by atoms with Crippen LogP contribution >= 0.6 is 0 Å². The zero-order chi connectivity index (χ0) is 18.4. The summed E-state index contributed by atoms with van der Waals surface area (Å²) in [6, 6.07) is 25.9. The lowest BCUT2D eigenvalue weighted by atomic mass is 10.0. The highest BCUT2D eigenvalue weighted by Gasteiger charge is 2.12. The Kier molecular flexibility index (Phi) is 6.04. The molecule has 26 heavy (non-hydrogen) atoms. The van der Waals surface area contributed by atoms with E-state index in [1.54, 1.807) is 0 Å². The second-order valence-corrected chi connectivity index (χ2v) is 6.90. The molecule has 0 saturated heterocycles. The Morgan fingerprint density at radius 2 is 1.08 bits per heavy atom. The van der Waals surface area contributed by atoms with E-state index in [0.717, 1.165) is 19.6 Å². The molecule has 0 fully saturated rings. The maximum atomic E-state index is 3.98. The van der Waals surface area contributed by atoms with Crippen LogP contribution in [0.1, 0.15) is 33.4 Å². The molecule has 0 aromatic heterocycles. The number of hydrogen-bond acceptors (Lipinski definition) is 1. The van der Waals surface area contributed by atoms with Crippen molar-refractivity contribution in [2.45, 2.75) is 33.5 Å². The van der Waals surface area contributed by atoms with Gasteiger partial charge in [0.2, 0.25) is 0 Å². The summed E-state index contributed by atoms with van der Waals surface area (Å²) < 4.78 is 0. The van der Waals surface area contributed by atoms with Crippen molar-refractivity contribution in [3.05, 3.63) is 113 Å². The first-order valence-corrected chi connectivity index (χ1v) is 9.19. The molecule has 132 valence electrons. The predicted molar refractivity (Wildman–Crippen MR) is 112 cm³/mol. The summed E-state index contributed by atoms with van der Waals surface area (Å²) in [6.07, 6.45) is 1.95. The molecule has 0 aliphatic carbocycles. The third-order valence-corrected chi connectivity index (χ3v) is 4.98. The first kappa shape index (κ1) is 18.2. The molecule has 0 saturated carbocycles. The van der Waals surface area contributed by atoms with Crippen molar-refractivity contribution in [3.63, 3.8) is 0 Å². The van der Waals surface area contributed by atoms with Gasteiger partial charge in [-0.05, 0) is 47.2 Å². The molecular formula is C25H27N. The normalized spacial score (nSPS) is 10.9. The molecule has 0 spiro atoms. The van der Waals surface area contributed by atoms with E-state index in [9.17, 15) is 0 Å². The van der Waals surface area contributed by atoms with Gasteiger partial charge in [0.25, 0.3) is 0 Å². The fourth-order valence-electron chi connectivity index (χ4n) is 3.34. The number of hydrogen-bond donors (Lipinski definition) is 0. The first-order chi connectivity index (χ1) is 12.7. The van der Waals surface area contributed by atoms with Crippen molar-refractivity contribution < 1.29 is 0 Å². The monoisotopic (exact) mass is 341 g/mol. The number of nitrogens with zero attached hydrogens (tertiary/aromatic N) is 1. The van der Waals surface area contributed by atoms with Gasteiger partial charge in [-0.15, -0.1) is 0 Å². The third-order valence-electron chi connectivity index (χ3n) is 4.98. The smallest absolute Gasteiger partial charge is 0.0246 e. The molecule has 0 aliphatic heterocycles. The van der Waals surface area contributed by atoms with Crippen LogP contribution in [0.25, 0.3) is 6.08 Å². The molecular weight excluding hydrogens is 314 g/mol. The molecule has 0 N–H and O–H groups in total. The van der Waals surface area contributed by atoms with Gasteiger partial charge in [0.05, 0.1) is 0 Å². The number of aryl methyl sites for hydroxylation is 2. The second-order valence-electron chi connectivity index (χ2n) is 6.90. The van der Waals surface area contributed by atoms with E-state index in [1.165, 1.54) is 33.4 Å². The third kappa shape index (κ3) is 4.50. The SMILES string of the molecule is C=Cc1ccccc1CN(Cc1ccccc1C)Cc1ccccc1C. The molecule has 0 aliphatic rings. The minimum Gasteiger partial charge on any atom is -0.291 e. The van der Waals surface area contributed by atoms with Gasteiger partial charge in [0.15, 0.2) is 0 Å². The van der Waals surface area contributed by atoms with Crippen LogP contribution in [-0.2, 0) is 19.6 Å². The van der Waals surface area contributed by atoms with Gasteiger partial charge in [-0.25, -0.2) is 0 Å². The van der Waals surface area contributed by atoms with E-state index >= 15 is 0 Å². The van der Waals surface area contributed by atoms with Gasteiger partial charge in [-0.1, -0.05) is 85.5 Å². The minimum atomic E-state index is 0.908. The lowest BCUT2D eigenvalue weighted by Gasteiger charge is -2.25. The van der Waals surface area contributed by atoms with Crippen molar-refractivity contribution in [2.75, 3.05) is 0 Å². The van der Waals surface area contributed by atoms with Crippen LogP contribution in [-0.4, -0.2) is 4.90 Å². The predicted octanol–water partition coefficient (Wildman–Crippen LogP) is 6.15. The highest BCUT2D eigenvalue weighted by Crippen LogP contribution is 2.20. The first-order valence-electron chi connectivity index (χ1n) is 9.19. The van der Waals surface area contributed by atoms with Crippen molar-refractivity contribution >= 4 is 6.08 Å². The van der Waals surface area contributed by atoms with Crippen LogP contribution in [0.3, 0.4) is 0 Å². The largest absolute Gasteiger partial charge is 0.291 e. The van der Waals surface area contributed by atoms with Gasteiger partial charge < -0.3 is 0 Å². The molecule has 0 bridgehead atoms. The van der Waals surface area contributed by atoms with Crippen molar-refractivity contribution in [3.8, 4) is 0 Å². The Morgan fingerprint density at radius 1 is 0.654 bits per heavy atom. The van der Waals surface area contributed by atoms with E-state index in [1.807, 2.05) is 6.08 Å². The summed E-state index contributed by atoms with van der Waals surface area (Å²) in [6.45, 7) is 11.1. The summed E-state index contributed by atoms with van der Waals surface area (Å²) in [7, 11) is 0. The number of rotatable bonds is 7. The van der Waals surface area contributed by atoms with Gasteiger partial charge in [0.1, 0.15) is 0 Å². The molecule has 0 heterocycles. The average Bonchev–Trinajstić information content (AvgIpc) is 2.66. The second kappa shape index (κ2) is 8.64. The van der Waals surface area contributed by atoms with Gasteiger partial charge in [0, 0.05) is 19.6 Å². The average molecular weight is 341 g/mol. The van der Waals surface area contributed by atoms with Crippen LogP contribution < -0.4 is 0 Å². The lowest BCUT2D eigenvalue weighted by Crippen LogP contribution is -2.23. The molecule has 0 amide bonds. The zero-order valence-electron chi connectivity index (χ0n) is 15.8. The van der Waals surface area contributed by atoms with Gasteiger partial charge >= 0.3 is 0 Å². The van der Waals surface area contributed by atoms with Crippen molar-refractivity contribution in [1.29, 1.82) is 0 Å². The molecule has 1 heteroatoms. The molecule has 3 rings (SSSR count). The maximum absolute atomic E-state index is 3.98. The van der Waals surface area contributed by atoms with Crippen LogP contribution in [0.4, 0.5) is 0 Å². The Labute approximate surface area is 157 Å². The van der Waals surface area contributed by atoms with E-state index in [-0.39, 0.29) is 0 Å². The maximum Gasteiger partial charge on any atom is 0.0246 e. The van der Waals surface area contributed by atoms with Crippen molar-refractivity contribution in [1.82, 2.24) is 4.90 Å². The van der Waals surface area contributed by atoms with Gasteiger partial charge in [-0.3, -0.25) is 4.90 Å². The number of benzene rings is 3. The lowest BCUT2D eigenvalue weighted by molar-refractivity contribution is 0.246. The Morgan fingerprint density at radius 3 is 1.58 bits per heavy atom. The van der Waals surface area contributed by atoms with E-state index < -0.39 is 0 Å². The minimum absolute atomic E-state index is 0.908. The fraction of sp³-hybridized carbons (Fsp3) is 0.200. The topological polar surface area (TPSA) is 3.24 Å². The highest BCUT2D eigenvalue weighted by atomic mass is 15.1. The summed E-state index contributed by atoms with van der Waals surface area (Å²) in [5.74, 6) is 0. The zero-order valence-corrected chi connectivity index (χ0v) is 15.8. The van der Waals surface area contributed by atoms with E-state index in [2.05, 4.69) is 98.1 Å². The Hall–Kier alpha value is -2.64. The molecule has 3 aromatic rings. The molecule has 0 radical (unpaired) electrons. The summed E-state index contributed by atoms with van der Waals surface area (Å²) in [5.41, 5.74) is 8.00. The standard InChI is InChI=1S/C25H27N/c1-4-22-13-9-10-16-25(22)19-26(17-23-14-7-5-11-20(23)2)18-24-15-8-6-12-21(24)3/h4-16H,1,17-19H2,2-3H3. The summed E-state index contributed by atoms with van der Waals surface area (Å²) >= 11 is 0. The van der Waals surface area contributed by atoms with Crippen molar-refractivity contribution in [2.24, 2.45) is 0 Å². The van der Waals surface area contributed by atoms with Crippen LogP contribution in [0.5, 0.6) is 0 Å². The molecule has 0 atom stereocenters. The quantitative estimate of drug-likeness (QED) is 0.498. The molecule has 3 aromatic carbocycles. The summed E-state index contributed by atoms with van der Waals surface area (Å²) in [4.78, 5) is 2.52. The fourth-order valence-corrected chi connectivity index (χ4v) is 3.34. The Bertz CT molecular complexity index is 831. The highest BCUT2D eigenvalue weighted by molar-refractivity contribution is 5.51. The van der Waals surface area contributed by atoms with Crippen LogP contribution in [0.15, 0.2) is 79.4 Å². The van der Waals surface area contributed by atoms with E-state index in [0.29, 0.717) is 0 Å². The van der Waals surface area contributed by atoms with Crippen LogP contribution in [0, 0.1) is 13.8 Å². The molecule has 1 nitrogen and oxygen atoms in total. The Balaban J connectivity index is 1.89. The molecule has 0 unspecified atom stereocenters. The van der Waals surface area contributed by atoms with E-state index in [4.69, 9.17) is 0 Å². The van der Waals surface area contributed by atoms with Gasteiger partial charge in [-0.2, -0.15) is 0 Å². The van der Waals surface area contributed by atoms with Crippen LogP contribution in [0.2, 0.25) is 0 Å².